The van der Waals surface area contributed by atoms with Crippen molar-refractivity contribution in [2.24, 2.45) is 4.40 Å². The molecule has 3 nitrogen and oxygen atoms in total. The third-order valence-electron chi connectivity index (χ3n) is 1.89. The fraction of sp³-hybridized carbons (Fsp3) is 0.333. The first-order chi connectivity index (χ1) is 7.45. The van der Waals surface area contributed by atoms with Crippen LogP contribution in [-0.4, -0.2) is 15.2 Å². The van der Waals surface area contributed by atoms with Gasteiger partial charge in [0.15, 0.2) is 0 Å². The van der Waals surface area contributed by atoms with Crippen molar-refractivity contribution in [3.8, 4) is 6.07 Å². The average molecular weight is 234 g/mol. The molecule has 1 aromatic rings. The van der Waals surface area contributed by atoms with E-state index in [0.717, 1.165) is 0 Å². The van der Waals surface area contributed by atoms with Gasteiger partial charge in [0, 0.05) is 11.8 Å². The first-order valence-corrected chi connectivity index (χ1v) is 6.01. The van der Waals surface area contributed by atoms with E-state index in [1.807, 2.05) is 26.8 Å². The molecule has 16 heavy (non-hydrogen) atoms. The second-order valence-corrected chi connectivity index (χ2v) is 6.23. The zero-order valence-corrected chi connectivity index (χ0v) is 10.4. The van der Waals surface area contributed by atoms with Crippen LogP contribution in [0.2, 0.25) is 0 Å². The largest absolute Gasteiger partial charge is 0.234 e. The zero-order chi connectivity index (χ0) is 12.2. The summed E-state index contributed by atoms with van der Waals surface area (Å²) in [4.78, 5) is 0. The molecule has 1 atom stereocenters. The molecule has 84 valence electrons. The maximum absolute atomic E-state index is 11.7. The van der Waals surface area contributed by atoms with Crippen molar-refractivity contribution in [3.05, 3.63) is 35.4 Å². The van der Waals surface area contributed by atoms with Gasteiger partial charge in [0.05, 0.1) is 16.4 Å². The molecule has 0 unspecified atom stereocenters. The van der Waals surface area contributed by atoms with Crippen LogP contribution in [0.5, 0.6) is 0 Å². The molecule has 1 aromatic carbocycles. The van der Waals surface area contributed by atoms with Gasteiger partial charge in [0.25, 0.3) is 0 Å². The van der Waals surface area contributed by atoms with E-state index in [1.54, 1.807) is 18.2 Å². The quantitative estimate of drug-likeness (QED) is 0.738. The minimum Gasteiger partial charge on any atom is -0.234 e. The van der Waals surface area contributed by atoms with E-state index in [2.05, 4.69) is 10.5 Å². The minimum atomic E-state index is -1.29. The van der Waals surface area contributed by atoms with Crippen LogP contribution in [0.25, 0.3) is 0 Å². The second kappa shape index (κ2) is 5.04. The Hall–Kier alpha value is -1.47. The molecule has 0 bridgehead atoms. The maximum Gasteiger partial charge on any atom is 0.144 e. The first kappa shape index (κ1) is 12.6. The topological polar surface area (TPSA) is 53.2 Å². The summed E-state index contributed by atoms with van der Waals surface area (Å²) in [7, 11) is -1.29. The number of hydrogen-bond donors (Lipinski definition) is 0. The van der Waals surface area contributed by atoms with E-state index in [1.165, 1.54) is 6.21 Å². The normalized spacial score (nSPS) is 13.6. The van der Waals surface area contributed by atoms with E-state index in [4.69, 9.17) is 5.26 Å². The lowest BCUT2D eigenvalue weighted by molar-refractivity contribution is 0.651. The minimum absolute atomic E-state index is 0.377. The molecule has 0 amide bonds. The van der Waals surface area contributed by atoms with E-state index < -0.39 is 11.0 Å². The van der Waals surface area contributed by atoms with Crippen molar-refractivity contribution < 1.29 is 4.21 Å². The number of nitrogens with zero attached hydrogens (tertiary/aromatic N) is 2. The fourth-order valence-corrected chi connectivity index (χ4v) is 1.50. The van der Waals surface area contributed by atoms with Gasteiger partial charge in [-0.3, -0.25) is 0 Å². The molecule has 0 aliphatic rings. The highest BCUT2D eigenvalue weighted by atomic mass is 32.2. The van der Waals surface area contributed by atoms with Gasteiger partial charge in [0.1, 0.15) is 11.0 Å². The third-order valence-corrected chi connectivity index (χ3v) is 3.24. The summed E-state index contributed by atoms with van der Waals surface area (Å²) >= 11 is 0. The smallest absolute Gasteiger partial charge is 0.144 e. The van der Waals surface area contributed by atoms with E-state index in [-0.39, 0.29) is 4.75 Å². The lowest BCUT2D eigenvalue weighted by atomic mass is 10.1. The van der Waals surface area contributed by atoms with Gasteiger partial charge >= 0.3 is 0 Å². The van der Waals surface area contributed by atoms with Crippen molar-refractivity contribution in [3.63, 3.8) is 0 Å². The Bertz CT molecular complexity index is 467. The second-order valence-electron chi connectivity index (χ2n) is 4.30. The molecule has 0 spiro atoms. The predicted molar refractivity (Wildman–Crippen MR) is 66.6 cm³/mol. The van der Waals surface area contributed by atoms with Crippen molar-refractivity contribution in [1.29, 1.82) is 5.26 Å². The summed E-state index contributed by atoms with van der Waals surface area (Å²) < 4.78 is 15.3. The molecule has 4 heteroatoms. The lowest BCUT2D eigenvalue weighted by Crippen LogP contribution is -2.19. The number of rotatable bonds is 2. The van der Waals surface area contributed by atoms with E-state index >= 15 is 0 Å². The van der Waals surface area contributed by atoms with Gasteiger partial charge < -0.3 is 0 Å². The Morgan fingerprint density at radius 1 is 1.38 bits per heavy atom. The van der Waals surface area contributed by atoms with Crippen LogP contribution in [-0.2, 0) is 11.0 Å². The first-order valence-electron chi connectivity index (χ1n) is 4.90. The van der Waals surface area contributed by atoms with Gasteiger partial charge in [-0.1, -0.05) is 18.2 Å². The molecule has 0 fully saturated rings. The van der Waals surface area contributed by atoms with Crippen LogP contribution in [0.15, 0.2) is 28.7 Å². The Labute approximate surface area is 98.4 Å². The van der Waals surface area contributed by atoms with Gasteiger partial charge in [-0.2, -0.15) is 9.66 Å². The standard InChI is InChI=1S/C12H14N2OS/c1-12(2,3)16(15)14-9-11-7-5-4-6-10(11)8-13/h4-7,9H,1-3H3/t16-/m0/s1. The van der Waals surface area contributed by atoms with Crippen LogP contribution in [0, 0.1) is 11.3 Å². The molecule has 0 aliphatic heterocycles. The van der Waals surface area contributed by atoms with Crippen molar-refractivity contribution in [2.75, 3.05) is 0 Å². The zero-order valence-electron chi connectivity index (χ0n) is 9.60. The SMILES string of the molecule is CC(C)(C)[S@](=O)N=Cc1ccccc1C#N. The summed E-state index contributed by atoms with van der Waals surface area (Å²) in [5.41, 5.74) is 1.24. The van der Waals surface area contributed by atoms with Crippen molar-refractivity contribution in [2.45, 2.75) is 25.5 Å². The number of benzene rings is 1. The number of hydrogen-bond acceptors (Lipinski definition) is 2. The van der Waals surface area contributed by atoms with Crippen LogP contribution in [0.4, 0.5) is 0 Å². The summed E-state index contributed by atoms with van der Waals surface area (Å²) in [6.07, 6.45) is 1.50. The van der Waals surface area contributed by atoms with Crippen molar-refractivity contribution >= 4 is 17.2 Å². The monoisotopic (exact) mass is 234 g/mol. The predicted octanol–water partition coefficient (Wildman–Crippen LogP) is 2.44. The highest BCUT2D eigenvalue weighted by Gasteiger charge is 2.18. The molecular weight excluding hydrogens is 220 g/mol. The molecule has 0 aromatic heterocycles. The van der Waals surface area contributed by atoms with E-state index in [0.29, 0.717) is 11.1 Å². The van der Waals surface area contributed by atoms with Gasteiger partial charge in [-0.25, -0.2) is 4.21 Å². The molecule has 1 rings (SSSR count). The molecule has 0 radical (unpaired) electrons. The molecule has 0 saturated carbocycles. The molecule has 0 aliphatic carbocycles. The van der Waals surface area contributed by atoms with Gasteiger partial charge in [-0.15, -0.1) is 0 Å². The van der Waals surface area contributed by atoms with Crippen LogP contribution in [0.1, 0.15) is 31.9 Å². The average Bonchev–Trinajstić information content (AvgIpc) is 2.24. The molecule has 0 saturated heterocycles. The third kappa shape index (κ3) is 3.28. The molecule has 0 N–H and O–H groups in total. The highest BCUT2D eigenvalue weighted by molar-refractivity contribution is 7.85. The molecular formula is C12H14N2OS. The molecule has 0 heterocycles. The number of nitriles is 1. The summed E-state index contributed by atoms with van der Waals surface area (Å²) in [5.74, 6) is 0. The fourth-order valence-electron chi connectivity index (χ4n) is 0.974. The van der Waals surface area contributed by atoms with Gasteiger partial charge in [-0.05, 0) is 26.8 Å². The van der Waals surface area contributed by atoms with Crippen LogP contribution >= 0.6 is 0 Å². The lowest BCUT2D eigenvalue weighted by Gasteiger charge is -2.12. The highest BCUT2D eigenvalue weighted by Crippen LogP contribution is 2.12. The Morgan fingerprint density at radius 3 is 2.56 bits per heavy atom. The Morgan fingerprint density at radius 2 is 2.00 bits per heavy atom. The van der Waals surface area contributed by atoms with E-state index in [9.17, 15) is 4.21 Å². The van der Waals surface area contributed by atoms with Crippen molar-refractivity contribution in [1.82, 2.24) is 0 Å². The summed E-state index contributed by atoms with van der Waals surface area (Å²) in [6.45, 7) is 5.57. The van der Waals surface area contributed by atoms with Crippen LogP contribution < -0.4 is 0 Å². The summed E-state index contributed by atoms with van der Waals surface area (Å²) in [6, 6.07) is 9.17. The van der Waals surface area contributed by atoms with Gasteiger partial charge in [0.2, 0.25) is 0 Å². The Balaban J connectivity index is 2.94. The maximum atomic E-state index is 11.7. The van der Waals surface area contributed by atoms with Crippen LogP contribution in [0.3, 0.4) is 0 Å². The Kier molecular flexibility index (Phi) is 3.97. The summed E-state index contributed by atoms with van der Waals surface area (Å²) in [5, 5.41) is 8.86.